The second kappa shape index (κ2) is 11.0. The molecular formula is C21H28IN3O3. The number of para-hydroxylation sites is 3. The second-order valence-electron chi connectivity index (χ2n) is 6.66. The highest BCUT2D eigenvalue weighted by atomic mass is 127. The van der Waals surface area contributed by atoms with Gasteiger partial charge in [0.1, 0.15) is 5.75 Å². The average molecular weight is 497 g/mol. The smallest absolute Gasteiger partial charge is 0.189 e. The molecule has 1 aliphatic rings. The summed E-state index contributed by atoms with van der Waals surface area (Å²) < 4.78 is 16.8. The van der Waals surface area contributed by atoms with Crippen LogP contribution in [0.1, 0.15) is 24.9 Å². The summed E-state index contributed by atoms with van der Waals surface area (Å²) in [5, 5.41) is 3.31. The topological polar surface area (TPSA) is 78.1 Å². The highest BCUT2D eigenvalue weighted by Crippen LogP contribution is 2.31. The Morgan fingerprint density at radius 1 is 1.21 bits per heavy atom. The van der Waals surface area contributed by atoms with Crippen molar-refractivity contribution >= 4 is 29.9 Å². The van der Waals surface area contributed by atoms with Gasteiger partial charge in [-0.25, -0.2) is 0 Å². The van der Waals surface area contributed by atoms with Crippen LogP contribution in [0.4, 0.5) is 0 Å². The van der Waals surface area contributed by atoms with Crippen LogP contribution in [0, 0.1) is 5.92 Å². The van der Waals surface area contributed by atoms with E-state index in [2.05, 4.69) is 23.3 Å². The van der Waals surface area contributed by atoms with Gasteiger partial charge in [-0.15, -0.1) is 24.0 Å². The van der Waals surface area contributed by atoms with Gasteiger partial charge in [0.25, 0.3) is 0 Å². The number of ether oxygens (including phenoxy) is 3. The molecule has 1 aliphatic heterocycles. The minimum Gasteiger partial charge on any atom is -0.493 e. The van der Waals surface area contributed by atoms with Gasteiger partial charge in [0.15, 0.2) is 17.5 Å². The van der Waals surface area contributed by atoms with Crippen LogP contribution in [-0.4, -0.2) is 32.8 Å². The van der Waals surface area contributed by atoms with E-state index in [9.17, 15) is 0 Å². The molecule has 3 N–H and O–H groups in total. The fraction of sp³-hybridized carbons (Fsp3) is 0.381. The summed E-state index contributed by atoms with van der Waals surface area (Å²) in [5.41, 5.74) is 7.22. The Hall–Kier alpha value is -2.16. The monoisotopic (exact) mass is 497 g/mol. The summed E-state index contributed by atoms with van der Waals surface area (Å²) >= 11 is 0. The van der Waals surface area contributed by atoms with Crippen LogP contribution in [0.25, 0.3) is 0 Å². The molecule has 0 spiro atoms. The third-order valence-corrected chi connectivity index (χ3v) is 4.45. The van der Waals surface area contributed by atoms with E-state index in [-0.39, 0.29) is 35.9 Å². The fourth-order valence-electron chi connectivity index (χ4n) is 2.99. The zero-order valence-electron chi connectivity index (χ0n) is 16.3. The Morgan fingerprint density at radius 3 is 2.71 bits per heavy atom. The molecule has 0 radical (unpaired) electrons. The van der Waals surface area contributed by atoms with E-state index in [1.54, 1.807) is 7.11 Å². The van der Waals surface area contributed by atoms with Crippen molar-refractivity contribution in [3.8, 4) is 17.2 Å². The molecule has 2 unspecified atom stereocenters. The molecule has 0 saturated heterocycles. The van der Waals surface area contributed by atoms with Gasteiger partial charge in [0.05, 0.1) is 26.4 Å². The van der Waals surface area contributed by atoms with E-state index in [0.29, 0.717) is 25.7 Å². The maximum Gasteiger partial charge on any atom is 0.189 e. The molecule has 0 aromatic heterocycles. The lowest BCUT2D eigenvalue weighted by Gasteiger charge is -2.27. The van der Waals surface area contributed by atoms with Crippen molar-refractivity contribution in [3.05, 3.63) is 54.1 Å². The van der Waals surface area contributed by atoms with Crippen LogP contribution in [0.2, 0.25) is 0 Å². The molecule has 0 bridgehead atoms. The van der Waals surface area contributed by atoms with Gasteiger partial charge >= 0.3 is 0 Å². The van der Waals surface area contributed by atoms with Crippen LogP contribution >= 0.6 is 24.0 Å². The second-order valence-corrected chi connectivity index (χ2v) is 6.66. The van der Waals surface area contributed by atoms with Crippen LogP contribution in [-0.2, 0) is 0 Å². The van der Waals surface area contributed by atoms with Gasteiger partial charge in [-0.05, 0) is 18.2 Å². The van der Waals surface area contributed by atoms with Crippen molar-refractivity contribution in [2.45, 2.75) is 19.4 Å². The number of nitrogens with two attached hydrogens (primary N) is 1. The van der Waals surface area contributed by atoms with Gasteiger partial charge < -0.3 is 25.3 Å². The molecule has 28 heavy (non-hydrogen) atoms. The third kappa shape index (κ3) is 5.92. The number of halogens is 1. The Kier molecular flexibility index (Phi) is 8.69. The molecule has 0 amide bonds. The number of benzene rings is 2. The van der Waals surface area contributed by atoms with E-state index >= 15 is 0 Å². The maximum absolute atomic E-state index is 6.10. The molecule has 2 aromatic carbocycles. The Morgan fingerprint density at radius 2 is 1.93 bits per heavy atom. The van der Waals surface area contributed by atoms with Crippen molar-refractivity contribution < 1.29 is 14.2 Å². The maximum atomic E-state index is 6.10. The number of hydrogen-bond donors (Lipinski definition) is 2. The van der Waals surface area contributed by atoms with Gasteiger partial charge in [-0.1, -0.05) is 37.3 Å². The van der Waals surface area contributed by atoms with Gasteiger partial charge in [0, 0.05) is 24.4 Å². The number of nitrogens with zero attached hydrogens (tertiary/aromatic N) is 1. The van der Waals surface area contributed by atoms with Crippen LogP contribution in [0.5, 0.6) is 17.2 Å². The summed E-state index contributed by atoms with van der Waals surface area (Å²) in [6, 6.07) is 15.8. The number of methoxy groups -OCH3 is 1. The molecule has 7 heteroatoms. The molecule has 3 rings (SSSR count). The first-order valence-electron chi connectivity index (χ1n) is 9.21. The molecular weight excluding hydrogens is 469 g/mol. The highest BCUT2D eigenvalue weighted by molar-refractivity contribution is 14.0. The summed E-state index contributed by atoms with van der Waals surface area (Å²) in [6.45, 7) is 3.87. The van der Waals surface area contributed by atoms with E-state index in [1.165, 1.54) is 0 Å². The van der Waals surface area contributed by atoms with Crippen molar-refractivity contribution in [2.24, 2.45) is 16.6 Å². The van der Waals surface area contributed by atoms with Crippen molar-refractivity contribution in [3.63, 3.8) is 0 Å². The molecule has 0 saturated carbocycles. The van der Waals surface area contributed by atoms with Gasteiger partial charge in [-0.2, -0.15) is 0 Å². The molecule has 152 valence electrons. The van der Waals surface area contributed by atoms with E-state index in [4.69, 9.17) is 19.9 Å². The van der Waals surface area contributed by atoms with Crippen molar-refractivity contribution in [1.82, 2.24) is 5.32 Å². The molecule has 1 heterocycles. The van der Waals surface area contributed by atoms with Crippen molar-refractivity contribution in [1.29, 1.82) is 0 Å². The van der Waals surface area contributed by atoms with Crippen LogP contribution < -0.4 is 25.3 Å². The van der Waals surface area contributed by atoms with Crippen LogP contribution in [0.3, 0.4) is 0 Å². The molecule has 0 aliphatic carbocycles. The molecule has 2 aromatic rings. The molecule has 2 atom stereocenters. The largest absolute Gasteiger partial charge is 0.493 e. The highest BCUT2D eigenvalue weighted by Gasteiger charge is 2.21. The zero-order chi connectivity index (χ0) is 19.1. The lowest BCUT2D eigenvalue weighted by Crippen LogP contribution is -2.37. The predicted octanol–water partition coefficient (Wildman–Crippen LogP) is 3.76. The summed E-state index contributed by atoms with van der Waals surface area (Å²) in [5.74, 6) is 3.04. The first-order valence-corrected chi connectivity index (χ1v) is 9.21. The first-order chi connectivity index (χ1) is 13.2. The SMILES string of the molecule is COc1ccccc1OCC(C)CN=C(N)NC1CCOc2ccccc21.I. The van der Waals surface area contributed by atoms with Crippen molar-refractivity contribution in [2.75, 3.05) is 26.9 Å². The molecule has 0 fully saturated rings. The third-order valence-electron chi connectivity index (χ3n) is 4.45. The van der Waals surface area contributed by atoms with Crippen LogP contribution in [0.15, 0.2) is 53.5 Å². The minimum absolute atomic E-state index is 0. The lowest BCUT2D eigenvalue weighted by atomic mass is 10.0. The number of guanidine groups is 1. The fourth-order valence-corrected chi connectivity index (χ4v) is 2.99. The molecule has 6 nitrogen and oxygen atoms in total. The Balaban J connectivity index is 0.00000280. The summed E-state index contributed by atoms with van der Waals surface area (Å²) in [7, 11) is 1.64. The standard InChI is InChI=1S/C21H27N3O3.HI/c1-15(14-27-20-10-6-5-9-19(20)25-2)13-23-21(22)24-17-11-12-26-18-8-4-3-7-16(17)18;/h3-10,15,17H,11-14H2,1-2H3,(H3,22,23,24);1H. The predicted molar refractivity (Wildman–Crippen MR) is 122 cm³/mol. The van der Waals surface area contributed by atoms with Gasteiger partial charge in [0.2, 0.25) is 0 Å². The van der Waals surface area contributed by atoms with Gasteiger partial charge in [-0.3, -0.25) is 4.99 Å². The van der Waals surface area contributed by atoms with E-state index in [0.717, 1.165) is 29.2 Å². The summed E-state index contributed by atoms with van der Waals surface area (Å²) in [4.78, 5) is 4.48. The number of nitrogens with one attached hydrogen (secondary N) is 1. The average Bonchev–Trinajstić information content (AvgIpc) is 2.71. The lowest BCUT2D eigenvalue weighted by molar-refractivity contribution is 0.251. The Labute approximate surface area is 183 Å². The number of hydrogen-bond acceptors (Lipinski definition) is 4. The number of rotatable bonds is 7. The zero-order valence-corrected chi connectivity index (χ0v) is 18.6. The number of fused-ring (bicyclic) bond motifs is 1. The number of aliphatic imine (C=N–C) groups is 1. The first kappa shape index (κ1) is 22.1. The summed E-state index contributed by atoms with van der Waals surface area (Å²) in [6.07, 6.45) is 0.861. The minimum atomic E-state index is 0. The quantitative estimate of drug-likeness (QED) is 0.346. The van der Waals surface area contributed by atoms with E-state index < -0.39 is 0 Å². The normalized spacial score (nSPS) is 16.8. The Bertz CT molecular complexity index is 785. The van der Waals surface area contributed by atoms with E-state index in [1.807, 2.05) is 42.5 Å².